The van der Waals surface area contributed by atoms with Crippen LogP contribution in [0.25, 0.3) is 0 Å². The third-order valence-electron chi connectivity index (χ3n) is 3.45. The fourth-order valence-corrected chi connectivity index (χ4v) is 9.20. The first-order chi connectivity index (χ1) is 12.0. The van der Waals surface area contributed by atoms with Crippen LogP contribution in [-0.2, 0) is 8.23 Å². The lowest BCUT2D eigenvalue weighted by molar-refractivity contribution is 0.455. The van der Waals surface area contributed by atoms with Crippen LogP contribution in [-0.4, -0.2) is 33.2 Å². The van der Waals surface area contributed by atoms with Crippen LogP contribution >= 0.6 is 58.0 Å². The summed E-state index contributed by atoms with van der Waals surface area (Å²) < 4.78 is 11.5. The molecule has 0 saturated heterocycles. The highest BCUT2D eigenvalue weighted by Gasteiger charge is 2.27. The molecule has 144 valence electrons. The summed E-state index contributed by atoms with van der Waals surface area (Å²) in [5.74, 6) is -0.363. The molecule has 2 aromatic rings. The maximum atomic E-state index is 9.20. The minimum atomic E-state index is -1.70. The van der Waals surface area contributed by atoms with Crippen LogP contribution in [0.2, 0.25) is 44.8 Å². The Bertz CT molecular complexity index is 642. The SMILES string of the molecule is C[SiH](O[SiH3])O[Si](C)(C)c1ccccc1.Oc1c(Cl)c(Cl)c(Cl)c(Cl)c1Cl. The van der Waals surface area contributed by atoms with Crippen molar-refractivity contribution in [2.75, 3.05) is 0 Å². The van der Waals surface area contributed by atoms with E-state index in [-0.39, 0.29) is 30.9 Å². The third-order valence-corrected chi connectivity index (χ3v) is 13.8. The van der Waals surface area contributed by atoms with Crippen LogP contribution in [0.15, 0.2) is 30.3 Å². The molecular weight excluding hydrogens is 490 g/mol. The normalized spacial score (nSPS) is 12.5. The molecule has 2 rings (SSSR count). The number of phenols is 1. The standard InChI is InChI=1S/C9H18O2Si3.C6HCl5O/c1-13(10-12)11-14(2,3)9-7-5-4-6-8-9;7-1-2(8)4(10)6(12)5(11)3(1)9/h4-8,13H,1-3,12H3;12H. The molecule has 2 aromatic carbocycles. The Hall–Kier alpha value is 0.261. The Labute approximate surface area is 184 Å². The first-order valence-corrected chi connectivity index (χ1v) is 15.2. The highest BCUT2D eigenvalue weighted by atomic mass is 35.5. The van der Waals surface area contributed by atoms with Gasteiger partial charge in [0.05, 0.1) is 15.1 Å². The van der Waals surface area contributed by atoms with Gasteiger partial charge in [-0.3, -0.25) is 0 Å². The van der Waals surface area contributed by atoms with Crippen LogP contribution in [0, 0.1) is 0 Å². The number of hydrogen-bond acceptors (Lipinski definition) is 3. The second-order valence-corrected chi connectivity index (χ2v) is 15.2. The van der Waals surface area contributed by atoms with Gasteiger partial charge in [-0.25, -0.2) is 0 Å². The maximum absolute atomic E-state index is 9.20. The fourth-order valence-electron chi connectivity index (χ4n) is 1.96. The van der Waals surface area contributed by atoms with Gasteiger partial charge in [0.25, 0.3) is 9.28 Å². The molecule has 0 aliphatic heterocycles. The van der Waals surface area contributed by atoms with Crippen molar-refractivity contribution in [2.45, 2.75) is 19.6 Å². The Kier molecular flexibility index (Phi) is 10.0. The minimum absolute atomic E-state index is 0.00904. The summed E-state index contributed by atoms with van der Waals surface area (Å²) in [5, 5.41) is 10.4. The van der Waals surface area contributed by atoms with Gasteiger partial charge in [0.15, 0.2) is 5.75 Å². The van der Waals surface area contributed by atoms with E-state index in [2.05, 4.69) is 43.9 Å². The van der Waals surface area contributed by atoms with Crippen LogP contribution in [0.5, 0.6) is 5.75 Å². The van der Waals surface area contributed by atoms with Crippen molar-refractivity contribution in [3.8, 4) is 5.75 Å². The predicted molar refractivity (Wildman–Crippen MR) is 122 cm³/mol. The highest BCUT2D eigenvalue weighted by molar-refractivity contribution is 6.88. The van der Waals surface area contributed by atoms with Crippen molar-refractivity contribution in [3.05, 3.63) is 55.4 Å². The molecule has 0 aliphatic rings. The van der Waals surface area contributed by atoms with E-state index >= 15 is 0 Å². The smallest absolute Gasteiger partial charge is 0.297 e. The Morgan fingerprint density at radius 3 is 1.73 bits per heavy atom. The van der Waals surface area contributed by atoms with Crippen LogP contribution in [0.3, 0.4) is 0 Å². The molecule has 0 heterocycles. The van der Waals surface area contributed by atoms with E-state index in [1.54, 1.807) is 0 Å². The van der Waals surface area contributed by atoms with Gasteiger partial charge in [-0.2, -0.15) is 0 Å². The molecule has 0 bridgehead atoms. The molecule has 1 atom stereocenters. The molecule has 11 heteroatoms. The molecule has 0 aromatic heterocycles. The molecule has 0 aliphatic carbocycles. The van der Waals surface area contributed by atoms with Crippen molar-refractivity contribution < 1.29 is 13.3 Å². The fraction of sp³-hybridized carbons (Fsp3) is 0.200. The topological polar surface area (TPSA) is 38.7 Å². The Morgan fingerprint density at radius 1 is 0.885 bits per heavy atom. The molecular formula is C15H19Cl5O3Si3. The lowest BCUT2D eigenvalue weighted by Crippen LogP contribution is -2.48. The predicted octanol–water partition coefficient (Wildman–Crippen LogP) is 4.92. The molecule has 0 spiro atoms. The molecule has 0 fully saturated rings. The quantitative estimate of drug-likeness (QED) is 0.362. The van der Waals surface area contributed by atoms with Gasteiger partial charge in [0, 0.05) is 0 Å². The van der Waals surface area contributed by atoms with Gasteiger partial charge < -0.3 is 13.3 Å². The van der Waals surface area contributed by atoms with E-state index in [1.807, 2.05) is 6.07 Å². The maximum Gasteiger partial charge on any atom is 0.297 e. The van der Waals surface area contributed by atoms with Gasteiger partial charge in [-0.1, -0.05) is 88.3 Å². The van der Waals surface area contributed by atoms with Crippen LogP contribution in [0.4, 0.5) is 0 Å². The monoisotopic (exact) mass is 506 g/mol. The van der Waals surface area contributed by atoms with Gasteiger partial charge in [0.1, 0.15) is 20.5 Å². The molecule has 0 saturated carbocycles. The van der Waals surface area contributed by atoms with Crippen molar-refractivity contribution >= 4 is 91.3 Å². The largest absolute Gasteiger partial charge is 0.505 e. The van der Waals surface area contributed by atoms with Crippen molar-refractivity contribution in [3.63, 3.8) is 0 Å². The Morgan fingerprint density at radius 2 is 1.31 bits per heavy atom. The van der Waals surface area contributed by atoms with Gasteiger partial charge >= 0.3 is 0 Å². The van der Waals surface area contributed by atoms with Crippen LogP contribution in [0.1, 0.15) is 0 Å². The van der Waals surface area contributed by atoms with Crippen LogP contribution < -0.4 is 5.19 Å². The summed E-state index contributed by atoms with van der Waals surface area (Å²) in [7, 11) is -2.27. The lowest BCUT2D eigenvalue weighted by atomic mass is 10.3. The highest BCUT2D eigenvalue weighted by Crippen LogP contribution is 2.47. The van der Waals surface area contributed by atoms with Gasteiger partial charge in [-0.15, -0.1) is 0 Å². The molecule has 1 N–H and O–H groups in total. The van der Waals surface area contributed by atoms with Gasteiger partial charge in [0.2, 0.25) is 8.32 Å². The first kappa shape index (κ1) is 24.3. The summed E-state index contributed by atoms with van der Waals surface area (Å²) in [6.07, 6.45) is 0. The number of rotatable bonds is 4. The number of aromatic hydroxyl groups is 1. The van der Waals surface area contributed by atoms with E-state index in [0.29, 0.717) is 0 Å². The van der Waals surface area contributed by atoms with Crippen molar-refractivity contribution in [2.24, 2.45) is 0 Å². The molecule has 26 heavy (non-hydrogen) atoms. The average Bonchev–Trinajstić information content (AvgIpc) is 2.64. The number of hydrogen-bond donors (Lipinski definition) is 1. The van der Waals surface area contributed by atoms with Crippen molar-refractivity contribution in [1.29, 1.82) is 0 Å². The molecule has 1 unspecified atom stereocenters. The van der Waals surface area contributed by atoms with E-state index in [1.165, 1.54) is 5.19 Å². The summed E-state index contributed by atoms with van der Waals surface area (Å²) >= 11 is 27.9. The van der Waals surface area contributed by atoms with E-state index < -0.39 is 17.6 Å². The van der Waals surface area contributed by atoms with E-state index in [9.17, 15) is 5.11 Å². The number of benzene rings is 2. The Balaban J connectivity index is 0.000000263. The summed E-state index contributed by atoms with van der Waals surface area (Å²) in [4.78, 5) is 0. The second kappa shape index (κ2) is 10.7. The molecule has 3 nitrogen and oxygen atoms in total. The average molecular weight is 509 g/mol. The molecule has 0 amide bonds. The third kappa shape index (κ3) is 6.41. The number of halogens is 5. The van der Waals surface area contributed by atoms with Crippen molar-refractivity contribution in [1.82, 2.24) is 0 Å². The zero-order chi connectivity index (χ0) is 20.1. The summed E-state index contributed by atoms with van der Waals surface area (Å²) in [6, 6.07) is 10.5. The molecule has 0 radical (unpaired) electrons. The first-order valence-electron chi connectivity index (χ1n) is 7.49. The zero-order valence-corrected chi connectivity index (χ0v) is 22.6. The van der Waals surface area contributed by atoms with E-state index in [4.69, 9.17) is 66.2 Å². The summed E-state index contributed by atoms with van der Waals surface area (Å²) in [5.41, 5.74) is 0. The zero-order valence-electron chi connectivity index (χ0n) is 14.6. The number of phenolic OH excluding ortho intramolecular Hbond substituents is 1. The second-order valence-electron chi connectivity index (χ2n) is 5.72. The van der Waals surface area contributed by atoms with Gasteiger partial charge in [-0.05, 0) is 24.8 Å². The van der Waals surface area contributed by atoms with E-state index in [0.717, 1.165) is 10.5 Å². The minimum Gasteiger partial charge on any atom is -0.505 e. The summed E-state index contributed by atoms with van der Waals surface area (Å²) in [6.45, 7) is 6.56. The lowest BCUT2D eigenvalue weighted by Gasteiger charge is -2.26.